The van der Waals surface area contributed by atoms with Gasteiger partial charge >= 0.3 is 0 Å². The number of carbonyl (C=O) groups is 2. The van der Waals surface area contributed by atoms with Gasteiger partial charge in [0, 0.05) is 37.5 Å². The van der Waals surface area contributed by atoms with Crippen LogP contribution in [0.5, 0.6) is 0 Å². The molecular formula is C21H37N3O3. The zero-order chi connectivity index (χ0) is 20.4. The molecular weight excluding hydrogens is 342 g/mol. The Labute approximate surface area is 163 Å². The second-order valence-corrected chi connectivity index (χ2v) is 10.9. The van der Waals surface area contributed by atoms with Gasteiger partial charge < -0.3 is 20.6 Å². The summed E-state index contributed by atoms with van der Waals surface area (Å²) < 4.78 is 0. The first-order chi connectivity index (χ1) is 12.2. The van der Waals surface area contributed by atoms with Crippen LogP contribution in [0.1, 0.15) is 60.8 Å². The normalized spacial score (nSPS) is 33.3. The van der Waals surface area contributed by atoms with Crippen molar-refractivity contribution < 1.29 is 14.7 Å². The van der Waals surface area contributed by atoms with Gasteiger partial charge in [0.25, 0.3) is 0 Å². The summed E-state index contributed by atoms with van der Waals surface area (Å²) in [6.45, 7) is 14.4. The fourth-order valence-electron chi connectivity index (χ4n) is 5.48. The van der Waals surface area contributed by atoms with Crippen molar-refractivity contribution >= 4 is 11.8 Å². The summed E-state index contributed by atoms with van der Waals surface area (Å²) >= 11 is 0. The van der Waals surface area contributed by atoms with E-state index in [1.165, 1.54) is 0 Å². The van der Waals surface area contributed by atoms with E-state index in [0.717, 1.165) is 19.4 Å². The monoisotopic (exact) mass is 379 g/mol. The maximum atomic E-state index is 13.2. The van der Waals surface area contributed by atoms with Crippen molar-refractivity contribution in [2.75, 3.05) is 26.2 Å². The van der Waals surface area contributed by atoms with Crippen molar-refractivity contribution in [3.8, 4) is 0 Å². The van der Waals surface area contributed by atoms with Crippen molar-refractivity contribution in [3.63, 3.8) is 0 Å². The number of aliphatic hydroxyl groups is 1. The van der Waals surface area contributed by atoms with Crippen LogP contribution in [0.4, 0.5) is 0 Å². The number of likely N-dealkylation sites (tertiary alicyclic amines) is 2. The summed E-state index contributed by atoms with van der Waals surface area (Å²) in [5, 5.41) is 10.8. The molecule has 0 aromatic rings. The van der Waals surface area contributed by atoms with E-state index in [1.54, 1.807) is 18.7 Å². The SMILES string of the molecule is CC(C)(N)C(=O)N1CC[C@@H](O)[C@]2(CCCN(C(=O)C3C(C)(C)C3(C)C)C2)C1. The number of piperidine rings is 2. The summed E-state index contributed by atoms with van der Waals surface area (Å²) in [5.41, 5.74) is 4.68. The molecule has 0 bridgehead atoms. The smallest absolute Gasteiger partial charge is 0.242 e. The molecule has 6 heteroatoms. The molecule has 2 atom stereocenters. The van der Waals surface area contributed by atoms with E-state index < -0.39 is 17.1 Å². The predicted octanol–water partition coefficient (Wildman–Crippen LogP) is 1.61. The van der Waals surface area contributed by atoms with E-state index in [-0.39, 0.29) is 28.6 Å². The van der Waals surface area contributed by atoms with Crippen LogP contribution in [0.15, 0.2) is 0 Å². The maximum absolute atomic E-state index is 13.2. The molecule has 0 aromatic carbocycles. The number of carbonyl (C=O) groups excluding carboxylic acids is 2. The van der Waals surface area contributed by atoms with Crippen LogP contribution >= 0.6 is 0 Å². The Hall–Kier alpha value is -1.14. The van der Waals surface area contributed by atoms with Crippen LogP contribution in [0.2, 0.25) is 0 Å². The number of amides is 2. The first kappa shape index (κ1) is 20.6. The van der Waals surface area contributed by atoms with E-state index in [2.05, 4.69) is 27.7 Å². The lowest BCUT2D eigenvalue weighted by atomic mass is 9.71. The highest BCUT2D eigenvalue weighted by Gasteiger charge is 2.69. The molecule has 3 aliphatic rings. The first-order valence-electron chi connectivity index (χ1n) is 10.3. The molecule has 3 fully saturated rings. The number of nitrogens with two attached hydrogens (primary N) is 1. The molecule has 1 saturated carbocycles. The van der Waals surface area contributed by atoms with Crippen molar-refractivity contribution in [1.29, 1.82) is 0 Å². The zero-order valence-corrected chi connectivity index (χ0v) is 17.8. The van der Waals surface area contributed by atoms with E-state index in [1.807, 2.05) is 4.90 Å². The molecule has 1 spiro atoms. The Kier molecular flexibility index (Phi) is 4.71. The molecule has 3 rings (SSSR count). The minimum atomic E-state index is -0.921. The average molecular weight is 380 g/mol. The van der Waals surface area contributed by atoms with Gasteiger partial charge in [0.05, 0.1) is 11.6 Å². The fraction of sp³-hybridized carbons (Fsp3) is 0.905. The Morgan fingerprint density at radius 1 is 1.04 bits per heavy atom. The van der Waals surface area contributed by atoms with E-state index in [4.69, 9.17) is 5.73 Å². The van der Waals surface area contributed by atoms with Gasteiger partial charge in [-0.2, -0.15) is 0 Å². The van der Waals surface area contributed by atoms with Crippen LogP contribution in [0, 0.1) is 22.2 Å². The van der Waals surface area contributed by atoms with Crippen molar-refractivity contribution in [3.05, 3.63) is 0 Å². The first-order valence-corrected chi connectivity index (χ1v) is 10.3. The Balaban J connectivity index is 1.77. The van der Waals surface area contributed by atoms with Gasteiger partial charge in [-0.15, -0.1) is 0 Å². The highest BCUT2D eigenvalue weighted by Crippen LogP contribution is 2.69. The minimum Gasteiger partial charge on any atom is -0.392 e. The number of hydrogen-bond donors (Lipinski definition) is 2. The molecule has 0 unspecified atom stereocenters. The molecule has 2 amide bonds. The fourth-order valence-corrected chi connectivity index (χ4v) is 5.48. The molecule has 27 heavy (non-hydrogen) atoms. The number of nitrogens with zero attached hydrogens (tertiary/aromatic N) is 2. The van der Waals surface area contributed by atoms with E-state index >= 15 is 0 Å². The van der Waals surface area contributed by atoms with Gasteiger partial charge in [-0.05, 0) is 43.9 Å². The van der Waals surface area contributed by atoms with Gasteiger partial charge in [-0.25, -0.2) is 0 Å². The minimum absolute atomic E-state index is 0.00541. The van der Waals surface area contributed by atoms with E-state index in [9.17, 15) is 14.7 Å². The van der Waals surface area contributed by atoms with Crippen molar-refractivity contribution in [2.45, 2.75) is 72.4 Å². The third kappa shape index (κ3) is 3.19. The molecule has 0 aromatic heterocycles. The molecule has 2 heterocycles. The molecule has 2 aliphatic heterocycles. The lowest BCUT2D eigenvalue weighted by molar-refractivity contribution is -0.152. The molecule has 1 aliphatic carbocycles. The third-order valence-corrected chi connectivity index (χ3v) is 7.91. The molecule has 154 valence electrons. The van der Waals surface area contributed by atoms with Gasteiger partial charge in [-0.1, -0.05) is 27.7 Å². The van der Waals surface area contributed by atoms with Gasteiger partial charge in [0.15, 0.2) is 0 Å². The standard InChI is InChI=1S/C21H37N3O3/c1-18(2)15(19(18,3)4)16(26)23-10-7-9-21(12-23)13-24(11-8-14(21)25)17(27)20(5,6)22/h14-15,25H,7-13,22H2,1-6H3/t14-,21+/m1/s1. The lowest BCUT2D eigenvalue weighted by Gasteiger charge is -2.51. The van der Waals surface area contributed by atoms with Crippen molar-refractivity contribution in [2.24, 2.45) is 27.9 Å². The Morgan fingerprint density at radius 2 is 1.59 bits per heavy atom. The predicted molar refractivity (Wildman–Crippen MR) is 105 cm³/mol. The van der Waals surface area contributed by atoms with Gasteiger partial charge in [-0.3, -0.25) is 9.59 Å². The van der Waals surface area contributed by atoms with Crippen LogP contribution in [0.3, 0.4) is 0 Å². The summed E-state index contributed by atoms with van der Waals surface area (Å²) in [6.07, 6.45) is 1.76. The maximum Gasteiger partial charge on any atom is 0.242 e. The molecule has 0 radical (unpaired) electrons. The molecule has 2 saturated heterocycles. The summed E-state index contributed by atoms with van der Waals surface area (Å²) in [7, 11) is 0. The molecule has 6 nitrogen and oxygen atoms in total. The van der Waals surface area contributed by atoms with Crippen molar-refractivity contribution in [1.82, 2.24) is 9.80 Å². The van der Waals surface area contributed by atoms with Crippen LogP contribution in [-0.2, 0) is 9.59 Å². The Morgan fingerprint density at radius 3 is 2.11 bits per heavy atom. The summed E-state index contributed by atoms with van der Waals surface area (Å²) in [6, 6.07) is 0. The van der Waals surface area contributed by atoms with Crippen LogP contribution in [-0.4, -0.2) is 64.5 Å². The third-order valence-electron chi connectivity index (χ3n) is 7.91. The summed E-state index contributed by atoms with van der Waals surface area (Å²) in [4.78, 5) is 29.7. The van der Waals surface area contributed by atoms with Gasteiger partial charge in [0.1, 0.15) is 0 Å². The number of aliphatic hydroxyl groups excluding tert-OH is 1. The largest absolute Gasteiger partial charge is 0.392 e. The Bertz CT molecular complexity index is 623. The summed E-state index contributed by atoms with van der Waals surface area (Å²) in [5.74, 6) is 0.155. The van der Waals surface area contributed by atoms with Crippen LogP contribution < -0.4 is 5.73 Å². The topological polar surface area (TPSA) is 86.9 Å². The average Bonchev–Trinajstić information content (AvgIpc) is 2.97. The quantitative estimate of drug-likeness (QED) is 0.763. The lowest BCUT2D eigenvalue weighted by Crippen LogP contribution is -2.63. The highest BCUT2D eigenvalue weighted by molar-refractivity contribution is 5.86. The molecule has 3 N–H and O–H groups in total. The second-order valence-electron chi connectivity index (χ2n) is 10.9. The highest BCUT2D eigenvalue weighted by atomic mass is 16.3. The van der Waals surface area contributed by atoms with E-state index in [0.29, 0.717) is 26.1 Å². The zero-order valence-electron chi connectivity index (χ0n) is 17.8. The number of hydrogen-bond acceptors (Lipinski definition) is 4. The van der Waals surface area contributed by atoms with Crippen LogP contribution in [0.25, 0.3) is 0 Å². The number of rotatable bonds is 2. The second kappa shape index (κ2) is 6.18. The van der Waals surface area contributed by atoms with Gasteiger partial charge in [0.2, 0.25) is 11.8 Å².